The van der Waals surface area contributed by atoms with Crippen LogP contribution in [0.25, 0.3) is 0 Å². The van der Waals surface area contributed by atoms with Crippen LogP contribution in [0.2, 0.25) is 0 Å². The monoisotopic (exact) mass is 418 g/mol. The van der Waals surface area contributed by atoms with Gasteiger partial charge in [-0.3, -0.25) is 19.5 Å². The first kappa shape index (κ1) is 21.3. The number of halogens is 1. The number of aromatic nitrogens is 2. The number of imidazole rings is 1. The summed E-state index contributed by atoms with van der Waals surface area (Å²) in [6.45, 7) is 4.55. The van der Waals surface area contributed by atoms with E-state index < -0.39 is 0 Å². The van der Waals surface area contributed by atoms with E-state index in [1.165, 1.54) is 10.5 Å². The van der Waals surface area contributed by atoms with Gasteiger partial charge in [-0.1, -0.05) is 30.3 Å². The van der Waals surface area contributed by atoms with Gasteiger partial charge in [0.1, 0.15) is 5.82 Å². The van der Waals surface area contributed by atoms with E-state index in [9.17, 15) is 9.59 Å². The van der Waals surface area contributed by atoms with Crippen LogP contribution in [0, 0.1) is 0 Å². The number of benzene rings is 1. The van der Waals surface area contributed by atoms with Crippen molar-refractivity contribution in [2.45, 2.75) is 6.04 Å². The van der Waals surface area contributed by atoms with E-state index in [0.29, 0.717) is 19.6 Å². The van der Waals surface area contributed by atoms with Crippen LogP contribution in [0.4, 0.5) is 4.79 Å². The molecule has 1 aromatic heterocycles. The normalized spacial score (nSPS) is 18.9. The number of hydrogen-bond donors (Lipinski definition) is 1. The summed E-state index contributed by atoms with van der Waals surface area (Å²) < 4.78 is 2.07. The second-order valence-corrected chi connectivity index (χ2v) is 7.30. The van der Waals surface area contributed by atoms with E-state index in [4.69, 9.17) is 0 Å². The Morgan fingerprint density at radius 2 is 1.86 bits per heavy atom. The Balaban J connectivity index is 0.00000240. The Kier molecular flexibility index (Phi) is 6.89. The average Bonchev–Trinajstić information content (AvgIpc) is 3.33. The predicted octanol–water partition coefficient (Wildman–Crippen LogP) is 1.10. The molecule has 8 nitrogen and oxygen atoms in total. The van der Waals surface area contributed by atoms with Gasteiger partial charge in [0.15, 0.2) is 0 Å². The maximum absolute atomic E-state index is 12.4. The Labute approximate surface area is 176 Å². The van der Waals surface area contributed by atoms with Gasteiger partial charge in [0.05, 0.1) is 12.6 Å². The molecule has 1 N–H and O–H groups in total. The summed E-state index contributed by atoms with van der Waals surface area (Å²) in [5.74, 6) is 0.900. The summed E-state index contributed by atoms with van der Waals surface area (Å²) in [5.41, 5.74) is 1.22. The average molecular weight is 419 g/mol. The molecule has 4 rings (SSSR count). The lowest BCUT2D eigenvalue weighted by atomic mass is 10.0. The first-order valence-corrected chi connectivity index (χ1v) is 9.70. The fourth-order valence-corrected chi connectivity index (χ4v) is 3.97. The molecular weight excluding hydrogens is 392 g/mol. The number of imide groups is 1. The number of nitrogens with zero attached hydrogens (tertiary/aromatic N) is 5. The van der Waals surface area contributed by atoms with E-state index in [-0.39, 0.29) is 30.4 Å². The number of rotatable bonds is 5. The molecule has 3 amide bonds. The van der Waals surface area contributed by atoms with Gasteiger partial charge in [-0.2, -0.15) is 0 Å². The number of piperazine rings is 1. The molecule has 2 aromatic rings. The van der Waals surface area contributed by atoms with Crippen molar-refractivity contribution in [2.24, 2.45) is 7.05 Å². The maximum Gasteiger partial charge on any atom is 0.324 e. The Morgan fingerprint density at radius 3 is 2.45 bits per heavy atom. The smallest absolute Gasteiger partial charge is 0.324 e. The molecule has 1 atom stereocenters. The molecule has 0 bridgehead atoms. The fraction of sp³-hybridized carbons (Fsp3) is 0.450. The van der Waals surface area contributed by atoms with Crippen molar-refractivity contribution < 1.29 is 9.59 Å². The topological polar surface area (TPSA) is 73.7 Å². The van der Waals surface area contributed by atoms with Gasteiger partial charge in [-0.25, -0.2) is 9.78 Å². The minimum atomic E-state index is -0.275. The highest BCUT2D eigenvalue weighted by Crippen LogP contribution is 2.28. The van der Waals surface area contributed by atoms with Gasteiger partial charge in [0, 0.05) is 58.7 Å². The fourth-order valence-electron chi connectivity index (χ4n) is 3.97. The van der Waals surface area contributed by atoms with Crippen LogP contribution < -0.4 is 5.32 Å². The molecule has 29 heavy (non-hydrogen) atoms. The Morgan fingerprint density at radius 1 is 1.14 bits per heavy atom. The Hall–Kier alpha value is -2.42. The second-order valence-electron chi connectivity index (χ2n) is 7.30. The molecule has 1 unspecified atom stereocenters. The van der Waals surface area contributed by atoms with E-state index >= 15 is 0 Å². The van der Waals surface area contributed by atoms with E-state index in [0.717, 1.165) is 32.0 Å². The third-order valence-corrected chi connectivity index (χ3v) is 5.51. The summed E-state index contributed by atoms with van der Waals surface area (Å²) in [7, 11) is 2.02. The number of amides is 3. The molecule has 0 spiro atoms. The molecule has 0 aliphatic carbocycles. The van der Waals surface area contributed by atoms with Crippen LogP contribution >= 0.6 is 12.4 Å². The standard InChI is InChI=1S/C20H26N6O2.ClH/c1-23-9-7-21-19(23)18(16-5-3-2-4-6-16)25-13-11-24(12-14-25)15-17(27)26-10-8-22-20(26)28;/h2-7,9,18H,8,10-15H2,1H3,(H,22,28);1H. The molecule has 2 aliphatic heterocycles. The van der Waals surface area contributed by atoms with Gasteiger partial charge in [0.25, 0.3) is 0 Å². The van der Waals surface area contributed by atoms with Crippen LogP contribution in [0.3, 0.4) is 0 Å². The van der Waals surface area contributed by atoms with Crippen molar-refractivity contribution in [3.8, 4) is 0 Å². The van der Waals surface area contributed by atoms with E-state index in [1.807, 2.05) is 25.5 Å². The summed E-state index contributed by atoms with van der Waals surface area (Å²) in [6, 6.07) is 10.2. The minimum Gasteiger partial charge on any atom is -0.336 e. The number of carbonyl (C=O) groups excluding carboxylic acids is 2. The largest absolute Gasteiger partial charge is 0.336 e. The third kappa shape index (κ3) is 4.60. The van der Waals surface area contributed by atoms with Gasteiger partial charge >= 0.3 is 6.03 Å². The predicted molar refractivity (Wildman–Crippen MR) is 112 cm³/mol. The number of nitrogens with one attached hydrogen (secondary N) is 1. The lowest BCUT2D eigenvalue weighted by Gasteiger charge is -2.39. The zero-order chi connectivity index (χ0) is 19.5. The van der Waals surface area contributed by atoms with E-state index in [1.54, 1.807) is 0 Å². The molecule has 2 aliphatic rings. The molecular formula is C20H27ClN6O2. The SMILES string of the molecule is Cl.Cn1ccnc1C(c1ccccc1)N1CCN(CC(=O)N2CCNC2=O)CC1. The molecule has 0 saturated carbocycles. The molecule has 2 saturated heterocycles. The molecule has 2 fully saturated rings. The van der Waals surface area contributed by atoms with Crippen molar-refractivity contribution in [1.29, 1.82) is 0 Å². The van der Waals surface area contributed by atoms with Crippen molar-refractivity contribution in [1.82, 2.24) is 29.6 Å². The summed E-state index contributed by atoms with van der Waals surface area (Å²) in [4.78, 5) is 34.5. The molecule has 1 aromatic carbocycles. The van der Waals surface area contributed by atoms with E-state index in [2.05, 4.69) is 48.9 Å². The second kappa shape index (κ2) is 9.39. The number of carbonyl (C=O) groups is 2. The van der Waals surface area contributed by atoms with Crippen LogP contribution in [0.15, 0.2) is 42.7 Å². The van der Waals surface area contributed by atoms with Crippen LogP contribution in [0.1, 0.15) is 17.4 Å². The summed E-state index contributed by atoms with van der Waals surface area (Å²) >= 11 is 0. The summed E-state index contributed by atoms with van der Waals surface area (Å²) in [5, 5.41) is 2.68. The molecule has 0 radical (unpaired) electrons. The van der Waals surface area contributed by atoms with Gasteiger partial charge in [-0.15, -0.1) is 12.4 Å². The Bertz CT molecular complexity index is 835. The third-order valence-electron chi connectivity index (χ3n) is 5.51. The van der Waals surface area contributed by atoms with Crippen molar-refractivity contribution >= 4 is 24.3 Å². The minimum absolute atomic E-state index is 0. The van der Waals surface area contributed by atoms with Crippen LogP contribution in [-0.4, -0.2) is 82.0 Å². The zero-order valence-corrected chi connectivity index (χ0v) is 17.3. The zero-order valence-electron chi connectivity index (χ0n) is 16.5. The quantitative estimate of drug-likeness (QED) is 0.787. The van der Waals surface area contributed by atoms with Crippen LogP contribution in [0.5, 0.6) is 0 Å². The first-order valence-electron chi connectivity index (χ1n) is 9.70. The van der Waals surface area contributed by atoms with Gasteiger partial charge < -0.3 is 9.88 Å². The highest BCUT2D eigenvalue weighted by Gasteiger charge is 2.31. The number of aryl methyl sites for hydroxylation is 1. The first-order chi connectivity index (χ1) is 13.6. The van der Waals surface area contributed by atoms with Gasteiger partial charge in [-0.05, 0) is 5.56 Å². The van der Waals surface area contributed by atoms with Crippen molar-refractivity contribution in [3.05, 3.63) is 54.1 Å². The molecule has 3 heterocycles. The lowest BCUT2D eigenvalue weighted by molar-refractivity contribution is -0.129. The van der Waals surface area contributed by atoms with Crippen molar-refractivity contribution in [3.63, 3.8) is 0 Å². The number of urea groups is 1. The molecule has 156 valence electrons. The lowest BCUT2D eigenvalue weighted by Crippen LogP contribution is -2.51. The highest BCUT2D eigenvalue weighted by atomic mass is 35.5. The van der Waals surface area contributed by atoms with Gasteiger partial charge in [0.2, 0.25) is 5.91 Å². The molecule has 9 heteroatoms. The highest BCUT2D eigenvalue weighted by molar-refractivity contribution is 5.96. The summed E-state index contributed by atoms with van der Waals surface area (Å²) in [6.07, 6.45) is 3.81. The number of hydrogen-bond acceptors (Lipinski definition) is 5. The maximum atomic E-state index is 12.4. The van der Waals surface area contributed by atoms with Crippen LogP contribution in [-0.2, 0) is 11.8 Å². The van der Waals surface area contributed by atoms with Crippen molar-refractivity contribution in [2.75, 3.05) is 45.8 Å².